The number of amides is 2. The maximum atomic E-state index is 12.1. The van der Waals surface area contributed by atoms with Crippen molar-refractivity contribution in [1.29, 1.82) is 0 Å². The van der Waals surface area contributed by atoms with Crippen molar-refractivity contribution in [1.82, 2.24) is 14.9 Å². The first-order chi connectivity index (χ1) is 12.0. The van der Waals surface area contributed by atoms with E-state index in [0.717, 1.165) is 0 Å². The molecule has 0 atom stereocenters. The van der Waals surface area contributed by atoms with Crippen molar-refractivity contribution in [2.75, 3.05) is 26.1 Å². The van der Waals surface area contributed by atoms with Crippen LogP contribution in [0, 0.1) is 13.8 Å². The summed E-state index contributed by atoms with van der Waals surface area (Å²) in [5.74, 6) is 1.12. The molecule has 0 aliphatic carbocycles. The van der Waals surface area contributed by atoms with E-state index in [4.69, 9.17) is 9.47 Å². The second-order valence-electron chi connectivity index (χ2n) is 5.40. The number of urea groups is 1. The molecule has 2 rings (SSSR count). The molecule has 0 saturated carbocycles. The molecular formula is C17H22N4O4. The van der Waals surface area contributed by atoms with Crippen molar-refractivity contribution < 1.29 is 14.3 Å². The highest BCUT2D eigenvalue weighted by atomic mass is 16.5. The topological polar surface area (TPSA) is 94.5 Å². The number of methoxy groups -OCH3 is 2. The van der Waals surface area contributed by atoms with Gasteiger partial charge in [-0.05, 0) is 26.0 Å². The van der Waals surface area contributed by atoms with Crippen molar-refractivity contribution >= 4 is 11.7 Å². The smallest absolute Gasteiger partial charge is 0.319 e. The molecule has 0 spiro atoms. The first-order valence-electron chi connectivity index (χ1n) is 7.75. The van der Waals surface area contributed by atoms with Crippen molar-refractivity contribution in [2.24, 2.45) is 0 Å². The second kappa shape index (κ2) is 8.18. The Morgan fingerprint density at radius 3 is 2.68 bits per heavy atom. The number of rotatable bonds is 6. The number of hydrogen-bond donors (Lipinski definition) is 2. The van der Waals surface area contributed by atoms with Crippen LogP contribution in [-0.4, -0.2) is 36.3 Å². The summed E-state index contributed by atoms with van der Waals surface area (Å²) in [6, 6.07) is 4.70. The number of nitrogens with zero attached hydrogens (tertiary/aromatic N) is 2. The summed E-state index contributed by atoms with van der Waals surface area (Å²) in [5, 5.41) is 5.40. The van der Waals surface area contributed by atoms with E-state index in [0.29, 0.717) is 35.0 Å². The van der Waals surface area contributed by atoms with Gasteiger partial charge in [-0.3, -0.25) is 9.36 Å². The lowest BCUT2D eigenvalue weighted by atomic mass is 10.2. The van der Waals surface area contributed by atoms with Gasteiger partial charge < -0.3 is 20.1 Å². The van der Waals surface area contributed by atoms with Crippen molar-refractivity contribution in [2.45, 2.75) is 20.4 Å². The van der Waals surface area contributed by atoms with E-state index in [1.54, 1.807) is 39.2 Å². The number of aryl methyl sites for hydroxylation is 1. The quantitative estimate of drug-likeness (QED) is 0.830. The Bertz CT molecular complexity index is 817. The molecule has 134 valence electrons. The number of benzene rings is 1. The van der Waals surface area contributed by atoms with Gasteiger partial charge in [-0.15, -0.1) is 0 Å². The number of ether oxygens (including phenoxy) is 2. The highest BCUT2D eigenvalue weighted by molar-refractivity contribution is 5.91. The van der Waals surface area contributed by atoms with E-state index in [-0.39, 0.29) is 12.1 Å². The van der Waals surface area contributed by atoms with E-state index in [1.165, 1.54) is 18.0 Å². The summed E-state index contributed by atoms with van der Waals surface area (Å²) in [6.45, 7) is 4.13. The zero-order chi connectivity index (χ0) is 18.4. The van der Waals surface area contributed by atoms with Gasteiger partial charge >= 0.3 is 6.03 Å². The largest absolute Gasteiger partial charge is 0.497 e. The number of carbonyl (C=O) groups is 1. The van der Waals surface area contributed by atoms with E-state index >= 15 is 0 Å². The predicted molar refractivity (Wildman–Crippen MR) is 94.5 cm³/mol. The molecule has 0 saturated heterocycles. The highest BCUT2D eigenvalue weighted by Gasteiger charge is 2.09. The fourth-order valence-electron chi connectivity index (χ4n) is 2.20. The molecule has 2 aromatic rings. The van der Waals surface area contributed by atoms with E-state index in [1.807, 2.05) is 0 Å². The van der Waals surface area contributed by atoms with Crippen LogP contribution in [0.1, 0.15) is 11.3 Å². The van der Waals surface area contributed by atoms with Gasteiger partial charge in [0.1, 0.15) is 11.5 Å². The lowest BCUT2D eigenvalue weighted by molar-refractivity contribution is 0.251. The zero-order valence-electron chi connectivity index (χ0n) is 14.8. The molecular weight excluding hydrogens is 324 g/mol. The van der Waals surface area contributed by atoms with Gasteiger partial charge in [0.25, 0.3) is 5.56 Å². The average Bonchev–Trinajstić information content (AvgIpc) is 2.61. The minimum atomic E-state index is -0.406. The molecule has 0 fully saturated rings. The fourth-order valence-corrected chi connectivity index (χ4v) is 2.20. The predicted octanol–water partition coefficient (Wildman–Crippen LogP) is 1.70. The van der Waals surface area contributed by atoms with E-state index < -0.39 is 6.03 Å². The minimum absolute atomic E-state index is 0.107. The summed E-state index contributed by atoms with van der Waals surface area (Å²) in [4.78, 5) is 28.3. The number of hydrogen-bond acceptors (Lipinski definition) is 5. The lowest BCUT2D eigenvalue weighted by Gasteiger charge is -2.13. The summed E-state index contributed by atoms with van der Waals surface area (Å²) >= 11 is 0. The van der Waals surface area contributed by atoms with E-state index in [9.17, 15) is 9.59 Å². The number of nitrogens with one attached hydrogen (secondary N) is 2. The zero-order valence-corrected chi connectivity index (χ0v) is 14.8. The third kappa shape index (κ3) is 4.50. The van der Waals surface area contributed by atoms with Gasteiger partial charge in [0.05, 0.1) is 26.2 Å². The maximum Gasteiger partial charge on any atom is 0.319 e. The first-order valence-corrected chi connectivity index (χ1v) is 7.75. The number of carbonyl (C=O) groups excluding carboxylic acids is 1. The van der Waals surface area contributed by atoms with E-state index in [2.05, 4.69) is 15.6 Å². The Hall–Kier alpha value is -3.03. The molecule has 1 aromatic carbocycles. The monoisotopic (exact) mass is 346 g/mol. The second-order valence-corrected chi connectivity index (χ2v) is 5.40. The summed E-state index contributed by atoms with van der Waals surface area (Å²) in [5.41, 5.74) is 1.69. The van der Waals surface area contributed by atoms with Gasteiger partial charge in [-0.2, -0.15) is 0 Å². The van der Waals surface area contributed by atoms with Crippen LogP contribution in [0.25, 0.3) is 0 Å². The molecule has 2 amide bonds. The summed E-state index contributed by atoms with van der Waals surface area (Å²) in [7, 11) is 3.06. The number of anilines is 1. The number of aromatic nitrogens is 2. The lowest BCUT2D eigenvalue weighted by Crippen LogP contribution is -2.34. The van der Waals surface area contributed by atoms with Crippen LogP contribution >= 0.6 is 0 Å². The highest BCUT2D eigenvalue weighted by Crippen LogP contribution is 2.28. The molecule has 25 heavy (non-hydrogen) atoms. The van der Waals surface area contributed by atoms with Crippen LogP contribution < -0.4 is 25.7 Å². The average molecular weight is 346 g/mol. The SMILES string of the molecule is COc1ccc(OC)c(NC(=O)NCCn2cnc(C)c(C)c2=O)c1. The van der Waals surface area contributed by atoms with Crippen molar-refractivity contribution in [3.63, 3.8) is 0 Å². The third-order valence-electron chi connectivity index (χ3n) is 3.81. The Kier molecular flexibility index (Phi) is 5.99. The van der Waals surface area contributed by atoms with Crippen LogP contribution in [0.2, 0.25) is 0 Å². The normalized spacial score (nSPS) is 10.2. The molecule has 0 aliphatic heterocycles. The molecule has 8 nitrogen and oxygen atoms in total. The van der Waals surface area contributed by atoms with Crippen LogP contribution in [0.15, 0.2) is 29.3 Å². The first kappa shape index (κ1) is 18.3. The fraction of sp³-hybridized carbons (Fsp3) is 0.353. The van der Waals surface area contributed by atoms with Gasteiger partial charge in [0.15, 0.2) is 0 Å². The summed E-state index contributed by atoms with van der Waals surface area (Å²) in [6.07, 6.45) is 1.48. The Morgan fingerprint density at radius 2 is 2.00 bits per heavy atom. The molecule has 0 bridgehead atoms. The molecule has 0 unspecified atom stereocenters. The Balaban J connectivity index is 1.96. The molecule has 8 heteroatoms. The van der Waals surface area contributed by atoms with Gasteiger partial charge in [-0.25, -0.2) is 9.78 Å². The standard InChI is InChI=1S/C17H22N4O4/c1-11-12(2)19-10-21(16(11)22)8-7-18-17(23)20-14-9-13(24-3)5-6-15(14)25-4/h5-6,9-10H,7-8H2,1-4H3,(H2,18,20,23). The van der Waals surface area contributed by atoms with Crippen molar-refractivity contribution in [3.05, 3.63) is 46.1 Å². The van der Waals surface area contributed by atoms with Crippen LogP contribution in [0.5, 0.6) is 11.5 Å². The van der Waals surface area contributed by atoms with Gasteiger partial charge in [0.2, 0.25) is 0 Å². The molecule has 1 heterocycles. The Morgan fingerprint density at radius 1 is 1.24 bits per heavy atom. The van der Waals surface area contributed by atoms with Crippen LogP contribution in [0.3, 0.4) is 0 Å². The summed E-state index contributed by atoms with van der Waals surface area (Å²) < 4.78 is 11.8. The Labute approximate surface area is 145 Å². The van der Waals surface area contributed by atoms with Gasteiger partial charge in [-0.1, -0.05) is 0 Å². The van der Waals surface area contributed by atoms with Crippen LogP contribution in [-0.2, 0) is 6.54 Å². The molecule has 2 N–H and O–H groups in total. The molecule has 0 aliphatic rings. The van der Waals surface area contributed by atoms with Gasteiger partial charge in [0, 0.05) is 30.4 Å². The van der Waals surface area contributed by atoms with Crippen molar-refractivity contribution in [3.8, 4) is 11.5 Å². The minimum Gasteiger partial charge on any atom is -0.497 e. The third-order valence-corrected chi connectivity index (χ3v) is 3.81. The molecule has 1 aromatic heterocycles. The molecule has 0 radical (unpaired) electrons. The maximum absolute atomic E-state index is 12.1. The van der Waals surface area contributed by atoms with Crippen LogP contribution in [0.4, 0.5) is 10.5 Å².